The Bertz CT molecular complexity index is 569. The van der Waals surface area contributed by atoms with Crippen LogP contribution in [0.15, 0.2) is 42.5 Å². The fourth-order valence-corrected chi connectivity index (χ4v) is 2.08. The van der Waals surface area contributed by atoms with E-state index < -0.39 is 0 Å². The number of hydrogen-bond acceptors (Lipinski definition) is 4. The van der Waals surface area contributed by atoms with Crippen molar-refractivity contribution in [3.05, 3.63) is 48.0 Å². The molecule has 1 aliphatic heterocycles. The molecule has 2 aromatic rings. The van der Waals surface area contributed by atoms with Gasteiger partial charge >= 0.3 is 0 Å². The quantitative estimate of drug-likeness (QED) is 0.544. The van der Waals surface area contributed by atoms with Crippen LogP contribution in [0.5, 0.6) is 0 Å². The van der Waals surface area contributed by atoms with Crippen LogP contribution in [0.3, 0.4) is 0 Å². The summed E-state index contributed by atoms with van der Waals surface area (Å²) in [6.45, 7) is 0.413. The van der Waals surface area contributed by atoms with Gasteiger partial charge in [-0.1, -0.05) is 24.3 Å². The Morgan fingerprint density at radius 1 is 0.889 bits per heavy atom. The zero-order valence-corrected chi connectivity index (χ0v) is 10.1. The van der Waals surface area contributed by atoms with Gasteiger partial charge in [-0.3, -0.25) is 0 Å². The van der Waals surface area contributed by atoms with Crippen molar-refractivity contribution in [1.29, 1.82) is 0 Å². The summed E-state index contributed by atoms with van der Waals surface area (Å²) < 4.78 is 0. The molecule has 0 saturated heterocycles. The SMILES string of the molecule is COOCc1cccc2c1Nc1ccccc1N2. The molecule has 4 nitrogen and oxygen atoms in total. The van der Waals surface area contributed by atoms with Crippen molar-refractivity contribution in [3.63, 3.8) is 0 Å². The number of benzene rings is 2. The first-order valence-corrected chi connectivity index (χ1v) is 5.79. The van der Waals surface area contributed by atoms with Crippen molar-refractivity contribution in [2.24, 2.45) is 0 Å². The van der Waals surface area contributed by atoms with E-state index in [-0.39, 0.29) is 0 Å². The van der Waals surface area contributed by atoms with Crippen LogP contribution in [-0.4, -0.2) is 7.11 Å². The van der Waals surface area contributed by atoms with Crippen LogP contribution in [-0.2, 0) is 16.4 Å². The lowest BCUT2D eigenvalue weighted by Crippen LogP contribution is -2.09. The molecule has 0 atom stereocenters. The molecular weight excluding hydrogens is 228 g/mol. The molecule has 1 heterocycles. The molecule has 0 radical (unpaired) electrons. The molecule has 2 aromatic carbocycles. The predicted octanol–water partition coefficient (Wildman–Crippen LogP) is 3.57. The largest absolute Gasteiger partial charge is 0.352 e. The van der Waals surface area contributed by atoms with Crippen molar-refractivity contribution >= 4 is 22.7 Å². The van der Waals surface area contributed by atoms with E-state index in [0.29, 0.717) is 6.61 Å². The van der Waals surface area contributed by atoms with Crippen LogP contribution in [0.1, 0.15) is 5.56 Å². The smallest absolute Gasteiger partial charge is 0.109 e. The molecule has 0 bridgehead atoms. The lowest BCUT2D eigenvalue weighted by Gasteiger charge is -2.24. The standard InChI is InChI=1S/C14H14N2O2/c1-17-18-9-10-5-4-8-13-14(10)16-12-7-3-2-6-11(12)15-13/h2-8,15-16H,9H2,1H3. The molecule has 3 rings (SSSR count). The van der Waals surface area contributed by atoms with E-state index in [2.05, 4.69) is 15.5 Å². The van der Waals surface area contributed by atoms with Gasteiger partial charge in [0.25, 0.3) is 0 Å². The van der Waals surface area contributed by atoms with Crippen LogP contribution in [0.4, 0.5) is 22.7 Å². The van der Waals surface area contributed by atoms with Gasteiger partial charge in [-0.2, -0.15) is 0 Å². The van der Waals surface area contributed by atoms with Crippen LogP contribution in [0.25, 0.3) is 0 Å². The molecule has 0 saturated carbocycles. The van der Waals surface area contributed by atoms with E-state index in [1.807, 2.05) is 42.5 Å². The van der Waals surface area contributed by atoms with Crippen LogP contribution in [0.2, 0.25) is 0 Å². The average Bonchev–Trinajstić information content (AvgIpc) is 2.43. The van der Waals surface area contributed by atoms with Gasteiger partial charge in [0.15, 0.2) is 0 Å². The van der Waals surface area contributed by atoms with E-state index >= 15 is 0 Å². The third-order valence-corrected chi connectivity index (χ3v) is 2.94. The highest BCUT2D eigenvalue weighted by Crippen LogP contribution is 2.40. The molecule has 0 fully saturated rings. The topological polar surface area (TPSA) is 42.5 Å². The summed E-state index contributed by atoms with van der Waals surface area (Å²) >= 11 is 0. The average molecular weight is 242 g/mol. The van der Waals surface area contributed by atoms with E-state index in [1.54, 1.807) is 0 Å². The van der Waals surface area contributed by atoms with E-state index in [9.17, 15) is 0 Å². The van der Waals surface area contributed by atoms with Crippen LogP contribution < -0.4 is 10.6 Å². The maximum absolute atomic E-state index is 5.01. The van der Waals surface area contributed by atoms with E-state index in [4.69, 9.17) is 4.89 Å². The Balaban J connectivity index is 1.97. The fourth-order valence-electron chi connectivity index (χ4n) is 2.08. The minimum Gasteiger partial charge on any atom is -0.352 e. The zero-order chi connectivity index (χ0) is 12.4. The zero-order valence-electron chi connectivity index (χ0n) is 10.1. The van der Waals surface area contributed by atoms with E-state index in [1.165, 1.54) is 7.11 Å². The highest BCUT2D eigenvalue weighted by Gasteiger charge is 2.16. The molecule has 0 amide bonds. The first kappa shape index (κ1) is 11.1. The van der Waals surface area contributed by atoms with Crippen LogP contribution >= 0.6 is 0 Å². The molecule has 2 N–H and O–H groups in total. The summed E-state index contributed by atoms with van der Waals surface area (Å²) in [4.78, 5) is 9.66. The number of nitrogens with one attached hydrogen (secondary N) is 2. The summed E-state index contributed by atoms with van der Waals surface area (Å²) in [5, 5.41) is 6.82. The van der Waals surface area contributed by atoms with Gasteiger partial charge in [0.1, 0.15) is 6.61 Å². The molecule has 1 aliphatic rings. The molecule has 4 heteroatoms. The summed E-state index contributed by atoms with van der Waals surface area (Å²) in [6.07, 6.45) is 0. The molecule has 92 valence electrons. The fraction of sp³-hybridized carbons (Fsp3) is 0.143. The van der Waals surface area contributed by atoms with Gasteiger partial charge in [0.05, 0.1) is 29.9 Å². The van der Waals surface area contributed by atoms with Crippen molar-refractivity contribution in [2.75, 3.05) is 17.7 Å². The van der Waals surface area contributed by atoms with Gasteiger partial charge in [0, 0.05) is 5.56 Å². The van der Waals surface area contributed by atoms with Crippen molar-refractivity contribution in [2.45, 2.75) is 6.61 Å². The first-order chi connectivity index (χ1) is 8.88. The van der Waals surface area contributed by atoms with Gasteiger partial charge in [-0.25, -0.2) is 9.78 Å². The number of rotatable bonds is 3. The summed E-state index contributed by atoms with van der Waals surface area (Å²) in [5.41, 5.74) is 5.28. The Hall–Kier alpha value is -2.04. The monoisotopic (exact) mass is 242 g/mol. The lowest BCUT2D eigenvalue weighted by atomic mass is 10.1. The van der Waals surface area contributed by atoms with E-state index in [0.717, 1.165) is 28.3 Å². The minimum atomic E-state index is 0.413. The predicted molar refractivity (Wildman–Crippen MR) is 71.2 cm³/mol. The Morgan fingerprint density at radius 2 is 1.61 bits per heavy atom. The lowest BCUT2D eigenvalue weighted by molar-refractivity contribution is -0.282. The molecular formula is C14H14N2O2. The third kappa shape index (κ3) is 1.92. The Labute approximate surface area is 105 Å². The highest BCUT2D eigenvalue weighted by atomic mass is 17.2. The first-order valence-electron chi connectivity index (χ1n) is 5.79. The van der Waals surface area contributed by atoms with Crippen molar-refractivity contribution < 1.29 is 9.78 Å². The Kier molecular flexibility index (Phi) is 2.88. The third-order valence-electron chi connectivity index (χ3n) is 2.94. The minimum absolute atomic E-state index is 0.413. The van der Waals surface area contributed by atoms with Gasteiger partial charge in [-0.05, 0) is 18.2 Å². The normalized spacial score (nSPS) is 12.1. The summed E-state index contributed by atoms with van der Waals surface area (Å²) in [6, 6.07) is 14.1. The maximum atomic E-state index is 5.01. The van der Waals surface area contributed by atoms with Gasteiger partial charge in [0.2, 0.25) is 0 Å². The molecule has 0 spiro atoms. The number of anilines is 4. The number of para-hydroxylation sites is 3. The molecule has 0 aliphatic carbocycles. The highest BCUT2D eigenvalue weighted by molar-refractivity contribution is 5.91. The summed E-state index contributed by atoms with van der Waals surface area (Å²) in [7, 11) is 1.51. The second kappa shape index (κ2) is 4.68. The van der Waals surface area contributed by atoms with Crippen LogP contribution in [0, 0.1) is 0 Å². The van der Waals surface area contributed by atoms with Gasteiger partial charge < -0.3 is 10.6 Å². The maximum Gasteiger partial charge on any atom is 0.109 e. The molecule has 18 heavy (non-hydrogen) atoms. The van der Waals surface area contributed by atoms with Crippen molar-refractivity contribution in [3.8, 4) is 0 Å². The summed E-state index contributed by atoms with van der Waals surface area (Å²) in [5.74, 6) is 0. The molecule has 0 unspecified atom stereocenters. The van der Waals surface area contributed by atoms with Crippen molar-refractivity contribution in [1.82, 2.24) is 0 Å². The number of hydrogen-bond donors (Lipinski definition) is 2. The Morgan fingerprint density at radius 3 is 2.39 bits per heavy atom. The molecule has 0 aromatic heterocycles. The second-order valence-corrected chi connectivity index (χ2v) is 4.06. The van der Waals surface area contributed by atoms with Gasteiger partial charge in [-0.15, -0.1) is 0 Å². The second-order valence-electron chi connectivity index (χ2n) is 4.06. The number of fused-ring (bicyclic) bond motifs is 2.